The molecule has 2 aliphatic heterocycles. The molecule has 7 nitrogen and oxygen atoms in total. The van der Waals surface area contributed by atoms with Gasteiger partial charge in [-0.25, -0.2) is 4.98 Å². The normalized spacial score (nSPS) is 18.6. The molecule has 0 unspecified atom stereocenters. The minimum absolute atomic E-state index is 0.0272. The summed E-state index contributed by atoms with van der Waals surface area (Å²) >= 11 is 0. The summed E-state index contributed by atoms with van der Waals surface area (Å²) in [6, 6.07) is 10.0. The monoisotopic (exact) mass is 379 g/mol. The van der Waals surface area contributed by atoms with Crippen LogP contribution in [-0.4, -0.2) is 59.0 Å². The number of ether oxygens (including phenoxy) is 1. The molecule has 3 heterocycles. The Bertz CT molecular complexity index is 892. The largest absolute Gasteiger partial charge is 0.375 e. The van der Waals surface area contributed by atoms with Crippen LogP contribution >= 0.6 is 0 Å². The molecule has 1 spiro atoms. The van der Waals surface area contributed by atoms with E-state index in [9.17, 15) is 10.1 Å². The van der Waals surface area contributed by atoms with E-state index in [4.69, 9.17) is 4.74 Å². The summed E-state index contributed by atoms with van der Waals surface area (Å²) in [5, 5.41) is 9.34. The van der Waals surface area contributed by atoms with Crippen molar-refractivity contribution < 1.29 is 9.53 Å². The number of carbonyl (C=O) groups excluding carboxylic acids is 1. The Hall–Kier alpha value is -2.69. The fourth-order valence-electron chi connectivity index (χ4n) is 4.64. The molecule has 146 valence electrons. The predicted octanol–water partition coefficient (Wildman–Crippen LogP) is 1.80. The lowest BCUT2D eigenvalue weighted by molar-refractivity contribution is -0.146. The van der Waals surface area contributed by atoms with Crippen molar-refractivity contribution in [2.45, 2.75) is 31.3 Å². The number of hydrogen-bond donors (Lipinski definition) is 1. The zero-order valence-corrected chi connectivity index (χ0v) is 16.1. The highest BCUT2D eigenvalue weighted by molar-refractivity contribution is 5.79. The maximum absolute atomic E-state index is 12.8. The molecule has 0 aliphatic carbocycles. The number of fused-ring (bicyclic) bond motifs is 2. The van der Waals surface area contributed by atoms with Gasteiger partial charge in [0.05, 0.1) is 29.2 Å². The summed E-state index contributed by atoms with van der Waals surface area (Å²) in [6.07, 6.45) is 4.20. The molecule has 0 saturated carbocycles. The third kappa shape index (κ3) is 3.19. The second-order valence-electron chi connectivity index (χ2n) is 7.53. The number of nitrogens with zero attached hydrogens (tertiary/aromatic N) is 4. The highest BCUT2D eigenvalue weighted by atomic mass is 16.5. The first-order valence-corrected chi connectivity index (χ1v) is 9.70. The number of nitrogens with one attached hydrogen (secondary N) is 1. The quantitative estimate of drug-likeness (QED) is 0.876. The van der Waals surface area contributed by atoms with E-state index >= 15 is 0 Å². The Kier molecular flexibility index (Phi) is 5.16. The van der Waals surface area contributed by atoms with Crippen LogP contribution in [0.5, 0.6) is 0 Å². The molecule has 1 aromatic carbocycles. The maximum atomic E-state index is 12.8. The number of H-pyrrole nitrogens is 1. The first-order valence-electron chi connectivity index (χ1n) is 9.70. The second kappa shape index (κ2) is 7.74. The summed E-state index contributed by atoms with van der Waals surface area (Å²) in [5.74, 6) is 0.0272. The highest BCUT2D eigenvalue weighted by Crippen LogP contribution is 2.42. The number of likely N-dealkylation sites (tertiary alicyclic amines) is 1. The Balaban J connectivity index is 1.55. The number of amides is 1. The van der Waals surface area contributed by atoms with Gasteiger partial charge in [-0.05, 0) is 24.5 Å². The fraction of sp³-hybridized carbons (Fsp3) is 0.476. The Morgan fingerprint density at radius 3 is 2.86 bits per heavy atom. The summed E-state index contributed by atoms with van der Waals surface area (Å²) in [6.45, 7) is 3.24. The highest BCUT2D eigenvalue weighted by Gasteiger charge is 2.48. The van der Waals surface area contributed by atoms with Gasteiger partial charge >= 0.3 is 0 Å². The van der Waals surface area contributed by atoms with Crippen LogP contribution in [0.3, 0.4) is 0 Å². The van der Waals surface area contributed by atoms with Crippen LogP contribution in [0, 0.1) is 11.3 Å². The van der Waals surface area contributed by atoms with Crippen molar-refractivity contribution in [1.29, 1.82) is 5.26 Å². The van der Waals surface area contributed by atoms with Gasteiger partial charge in [0.1, 0.15) is 6.61 Å². The standard InChI is InChI=1S/C21H25N5O2/c1-28-14-19(27)26-9-6-18-20(24-15-23-18)21(26)7-10-25(11-8-21)13-17-5-3-2-4-16(17)12-22/h2-5,15H,6-11,13-14H2,1H3,(H,23,24). The number of rotatable bonds is 4. The molecule has 1 amide bonds. The molecule has 4 rings (SSSR count). The number of nitriles is 1. The van der Waals surface area contributed by atoms with Gasteiger partial charge in [0.2, 0.25) is 5.91 Å². The lowest BCUT2D eigenvalue weighted by Crippen LogP contribution is -2.58. The van der Waals surface area contributed by atoms with Crippen molar-refractivity contribution in [1.82, 2.24) is 19.8 Å². The molecular formula is C21H25N5O2. The summed E-state index contributed by atoms with van der Waals surface area (Å²) in [7, 11) is 1.56. The zero-order chi connectivity index (χ0) is 19.6. The third-order valence-corrected chi connectivity index (χ3v) is 6.05. The number of aromatic nitrogens is 2. The molecule has 0 bridgehead atoms. The van der Waals surface area contributed by atoms with Gasteiger partial charge in [-0.15, -0.1) is 0 Å². The van der Waals surface area contributed by atoms with Crippen molar-refractivity contribution in [3.63, 3.8) is 0 Å². The van der Waals surface area contributed by atoms with Crippen LogP contribution in [-0.2, 0) is 28.0 Å². The number of aromatic amines is 1. The molecule has 1 aromatic heterocycles. The maximum Gasteiger partial charge on any atom is 0.249 e. The smallest absolute Gasteiger partial charge is 0.249 e. The number of hydrogen-bond acceptors (Lipinski definition) is 5. The van der Waals surface area contributed by atoms with Crippen molar-refractivity contribution in [3.8, 4) is 6.07 Å². The minimum atomic E-state index is -0.367. The topological polar surface area (TPSA) is 85.2 Å². The molecule has 1 saturated heterocycles. The minimum Gasteiger partial charge on any atom is -0.375 e. The number of benzene rings is 1. The van der Waals surface area contributed by atoms with E-state index in [0.717, 1.165) is 61.4 Å². The summed E-state index contributed by atoms with van der Waals surface area (Å²) in [4.78, 5) is 25.0. The second-order valence-corrected chi connectivity index (χ2v) is 7.53. The molecule has 1 fully saturated rings. The third-order valence-electron chi connectivity index (χ3n) is 6.05. The van der Waals surface area contributed by atoms with E-state index in [1.54, 1.807) is 13.4 Å². The number of imidazole rings is 1. The van der Waals surface area contributed by atoms with Crippen LogP contribution in [0.15, 0.2) is 30.6 Å². The lowest BCUT2D eigenvalue weighted by Gasteiger charge is -2.50. The Morgan fingerprint density at radius 2 is 2.11 bits per heavy atom. The van der Waals surface area contributed by atoms with Gasteiger partial charge in [-0.1, -0.05) is 18.2 Å². The SMILES string of the molecule is COCC(=O)N1CCc2[nH]cnc2C12CCN(Cc1ccccc1C#N)CC2. The average molecular weight is 379 g/mol. The van der Waals surface area contributed by atoms with Gasteiger partial charge in [0.15, 0.2) is 0 Å². The van der Waals surface area contributed by atoms with E-state index in [-0.39, 0.29) is 18.1 Å². The Morgan fingerprint density at radius 1 is 1.32 bits per heavy atom. The van der Waals surface area contributed by atoms with E-state index in [0.29, 0.717) is 6.54 Å². The zero-order valence-electron chi connectivity index (χ0n) is 16.1. The van der Waals surface area contributed by atoms with Crippen molar-refractivity contribution >= 4 is 5.91 Å². The fourth-order valence-corrected chi connectivity index (χ4v) is 4.64. The van der Waals surface area contributed by atoms with Crippen molar-refractivity contribution in [2.24, 2.45) is 0 Å². The molecular weight excluding hydrogens is 354 g/mol. The molecule has 7 heteroatoms. The molecule has 28 heavy (non-hydrogen) atoms. The van der Waals surface area contributed by atoms with Crippen molar-refractivity contribution in [2.75, 3.05) is 33.4 Å². The lowest BCUT2D eigenvalue weighted by atomic mass is 9.78. The van der Waals surface area contributed by atoms with E-state index in [2.05, 4.69) is 20.9 Å². The van der Waals surface area contributed by atoms with Crippen LogP contribution in [0.25, 0.3) is 0 Å². The molecule has 2 aliphatic rings. The first-order chi connectivity index (χ1) is 13.7. The van der Waals surface area contributed by atoms with Gasteiger partial charge in [-0.2, -0.15) is 5.26 Å². The van der Waals surface area contributed by atoms with Gasteiger partial charge in [-0.3, -0.25) is 9.69 Å². The average Bonchev–Trinajstić information content (AvgIpc) is 3.20. The van der Waals surface area contributed by atoms with Crippen LogP contribution in [0.2, 0.25) is 0 Å². The number of piperidine rings is 1. The number of carbonyl (C=O) groups is 1. The predicted molar refractivity (Wildman–Crippen MR) is 103 cm³/mol. The molecule has 0 radical (unpaired) electrons. The van der Waals surface area contributed by atoms with Crippen LogP contribution in [0.1, 0.15) is 35.4 Å². The van der Waals surface area contributed by atoms with E-state index < -0.39 is 0 Å². The molecule has 2 aromatic rings. The molecule has 0 atom stereocenters. The van der Waals surface area contributed by atoms with E-state index in [1.165, 1.54) is 0 Å². The van der Waals surface area contributed by atoms with Gasteiger partial charge < -0.3 is 14.6 Å². The Labute approximate surface area is 164 Å². The van der Waals surface area contributed by atoms with E-state index in [1.807, 2.05) is 29.2 Å². The summed E-state index contributed by atoms with van der Waals surface area (Å²) in [5.41, 5.74) is 3.57. The first kappa shape index (κ1) is 18.7. The van der Waals surface area contributed by atoms with Gasteiger partial charge in [0, 0.05) is 45.4 Å². The molecule has 1 N–H and O–H groups in total. The van der Waals surface area contributed by atoms with Gasteiger partial charge in [0.25, 0.3) is 0 Å². The van der Waals surface area contributed by atoms with Crippen molar-refractivity contribution in [3.05, 3.63) is 53.1 Å². The van der Waals surface area contributed by atoms with Crippen LogP contribution in [0.4, 0.5) is 0 Å². The summed E-state index contributed by atoms with van der Waals surface area (Å²) < 4.78 is 5.13. The van der Waals surface area contributed by atoms with Crippen LogP contribution < -0.4 is 0 Å². The number of methoxy groups -OCH3 is 1.